The van der Waals surface area contributed by atoms with Crippen LogP contribution >= 0.6 is 27.5 Å². The number of nitrogen functional groups attached to an aromatic ring is 1. The number of aromatic nitrogens is 4. The molecule has 0 aliphatic heterocycles. The quantitative estimate of drug-likeness (QED) is 0.705. The molecule has 0 unspecified atom stereocenters. The lowest BCUT2D eigenvalue weighted by Gasteiger charge is -2.09. The van der Waals surface area contributed by atoms with E-state index in [0.29, 0.717) is 16.5 Å². The number of benzene rings is 2. The number of anilines is 1. The van der Waals surface area contributed by atoms with E-state index in [-0.39, 0.29) is 0 Å². The molecule has 0 aliphatic carbocycles. The molecule has 0 aliphatic rings. The molecule has 3 rings (SSSR count). The third-order valence-electron chi connectivity index (χ3n) is 3.03. The molecule has 0 saturated heterocycles. The summed E-state index contributed by atoms with van der Waals surface area (Å²) in [7, 11) is 0. The first kappa shape index (κ1) is 14.0. The van der Waals surface area contributed by atoms with Gasteiger partial charge in [0.2, 0.25) is 0 Å². The summed E-state index contributed by atoms with van der Waals surface area (Å²) in [5.74, 6) is 0.619. The van der Waals surface area contributed by atoms with E-state index in [0.717, 1.165) is 21.3 Å². The summed E-state index contributed by atoms with van der Waals surface area (Å²) in [6.07, 6.45) is 0. The van der Waals surface area contributed by atoms with Crippen LogP contribution in [-0.4, -0.2) is 20.2 Å². The SMILES string of the molecule is Cc1cc(Cl)ccc1-n1nnnc1-c1cc(N)cc(Br)c1. The Hall–Kier alpha value is -1.92. The highest BCUT2D eigenvalue weighted by atomic mass is 79.9. The highest BCUT2D eigenvalue weighted by Crippen LogP contribution is 2.27. The Bertz CT molecular complexity index is 795. The Morgan fingerprint density at radius 3 is 2.71 bits per heavy atom. The molecule has 7 heteroatoms. The number of halogens is 2. The zero-order chi connectivity index (χ0) is 15.0. The van der Waals surface area contributed by atoms with Crippen molar-refractivity contribution in [2.45, 2.75) is 6.92 Å². The molecular weight excluding hydrogens is 354 g/mol. The van der Waals surface area contributed by atoms with Crippen LogP contribution < -0.4 is 5.73 Å². The van der Waals surface area contributed by atoms with Gasteiger partial charge in [0.25, 0.3) is 0 Å². The van der Waals surface area contributed by atoms with Crippen LogP contribution in [0.4, 0.5) is 5.69 Å². The smallest absolute Gasteiger partial charge is 0.187 e. The van der Waals surface area contributed by atoms with Crippen molar-refractivity contribution in [3.63, 3.8) is 0 Å². The molecule has 0 bridgehead atoms. The maximum Gasteiger partial charge on any atom is 0.187 e. The van der Waals surface area contributed by atoms with Gasteiger partial charge >= 0.3 is 0 Å². The van der Waals surface area contributed by atoms with Crippen molar-refractivity contribution in [1.82, 2.24) is 20.2 Å². The van der Waals surface area contributed by atoms with Gasteiger partial charge in [0, 0.05) is 20.7 Å². The summed E-state index contributed by atoms with van der Waals surface area (Å²) in [5, 5.41) is 12.6. The van der Waals surface area contributed by atoms with Gasteiger partial charge in [-0.25, -0.2) is 0 Å². The van der Waals surface area contributed by atoms with Gasteiger partial charge in [-0.15, -0.1) is 5.10 Å². The molecule has 0 radical (unpaired) electrons. The van der Waals surface area contributed by atoms with Crippen LogP contribution in [0.25, 0.3) is 17.1 Å². The molecule has 21 heavy (non-hydrogen) atoms. The number of nitrogens with zero attached hydrogens (tertiary/aromatic N) is 4. The first-order chi connectivity index (χ1) is 10.0. The van der Waals surface area contributed by atoms with Crippen molar-refractivity contribution in [1.29, 1.82) is 0 Å². The molecule has 0 amide bonds. The second-order valence-electron chi connectivity index (χ2n) is 4.62. The predicted molar refractivity (Wildman–Crippen MR) is 86.4 cm³/mol. The van der Waals surface area contributed by atoms with Gasteiger partial charge in [-0.05, 0) is 59.3 Å². The van der Waals surface area contributed by atoms with Gasteiger partial charge in [0.1, 0.15) is 0 Å². The van der Waals surface area contributed by atoms with Crippen molar-refractivity contribution >= 4 is 33.2 Å². The second kappa shape index (κ2) is 5.46. The van der Waals surface area contributed by atoms with Crippen LogP contribution in [0.2, 0.25) is 5.02 Å². The monoisotopic (exact) mass is 363 g/mol. The first-order valence-corrected chi connectivity index (χ1v) is 7.33. The van der Waals surface area contributed by atoms with Gasteiger partial charge < -0.3 is 5.73 Å². The van der Waals surface area contributed by atoms with Gasteiger partial charge in [-0.2, -0.15) is 4.68 Å². The van der Waals surface area contributed by atoms with Gasteiger partial charge in [-0.3, -0.25) is 0 Å². The number of nitrogens with two attached hydrogens (primary N) is 1. The Kier molecular flexibility index (Phi) is 3.65. The summed E-state index contributed by atoms with van der Waals surface area (Å²) < 4.78 is 2.55. The zero-order valence-electron chi connectivity index (χ0n) is 11.1. The van der Waals surface area contributed by atoms with Crippen molar-refractivity contribution in [3.05, 3.63) is 51.5 Å². The van der Waals surface area contributed by atoms with E-state index in [4.69, 9.17) is 17.3 Å². The maximum atomic E-state index is 5.99. The highest BCUT2D eigenvalue weighted by molar-refractivity contribution is 9.10. The number of hydrogen-bond acceptors (Lipinski definition) is 4. The lowest BCUT2D eigenvalue weighted by Crippen LogP contribution is -2.02. The molecule has 0 atom stereocenters. The predicted octanol–water partition coefficient (Wildman–Crippen LogP) is 3.64. The number of hydrogen-bond donors (Lipinski definition) is 1. The molecule has 0 saturated carbocycles. The van der Waals surface area contributed by atoms with Gasteiger partial charge in [-0.1, -0.05) is 27.5 Å². The Labute approximate surface area is 134 Å². The first-order valence-electron chi connectivity index (χ1n) is 6.16. The largest absolute Gasteiger partial charge is 0.399 e. The van der Waals surface area contributed by atoms with E-state index < -0.39 is 0 Å². The van der Waals surface area contributed by atoms with Crippen LogP contribution in [-0.2, 0) is 0 Å². The van der Waals surface area contributed by atoms with Gasteiger partial charge in [0.05, 0.1) is 5.69 Å². The lowest BCUT2D eigenvalue weighted by molar-refractivity contribution is 0.787. The van der Waals surface area contributed by atoms with E-state index >= 15 is 0 Å². The van der Waals surface area contributed by atoms with Crippen LogP contribution in [0, 0.1) is 6.92 Å². The van der Waals surface area contributed by atoms with Crippen molar-refractivity contribution in [2.24, 2.45) is 0 Å². The molecule has 1 heterocycles. The summed E-state index contributed by atoms with van der Waals surface area (Å²) in [6, 6.07) is 11.1. The Morgan fingerprint density at radius 1 is 1.19 bits per heavy atom. The maximum absolute atomic E-state index is 5.99. The molecular formula is C14H11BrClN5. The van der Waals surface area contributed by atoms with Crippen LogP contribution in [0.5, 0.6) is 0 Å². The van der Waals surface area contributed by atoms with Crippen LogP contribution in [0.3, 0.4) is 0 Å². The fourth-order valence-corrected chi connectivity index (χ4v) is 2.86. The molecule has 0 fully saturated rings. The zero-order valence-corrected chi connectivity index (χ0v) is 13.4. The second-order valence-corrected chi connectivity index (χ2v) is 5.97. The fraction of sp³-hybridized carbons (Fsp3) is 0.0714. The molecule has 2 aromatic carbocycles. The third kappa shape index (κ3) is 2.77. The topological polar surface area (TPSA) is 69.6 Å². The standard InChI is InChI=1S/C14H11BrClN5/c1-8-4-11(16)2-3-13(8)21-14(18-19-20-21)9-5-10(15)7-12(17)6-9/h2-7H,17H2,1H3. The van der Waals surface area contributed by atoms with E-state index in [1.54, 1.807) is 4.68 Å². The number of tetrazole rings is 1. The van der Waals surface area contributed by atoms with Crippen molar-refractivity contribution in [3.8, 4) is 17.1 Å². The number of aryl methyl sites for hydroxylation is 1. The van der Waals surface area contributed by atoms with E-state index in [9.17, 15) is 0 Å². The molecule has 0 spiro atoms. The number of rotatable bonds is 2. The minimum absolute atomic E-state index is 0.619. The van der Waals surface area contributed by atoms with Crippen molar-refractivity contribution in [2.75, 3.05) is 5.73 Å². The van der Waals surface area contributed by atoms with Crippen molar-refractivity contribution < 1.29 is 0 Å². The third-order valence-corrected chi connectivity index (χ3v) is 3.73. The van der Waals surface area contributed by atoms with Gasteiger partial charge in [0.15, 0.2) is 5.82 Å². The Balaban J connectivity index is 2.17. The lowest BCUT2D eigenvalue weighted by atomic mass is 10.1. The van der Waals surface area contributed by atoms with Crippen LogP contribution in [0.15, 0.2) is 40.9 Å². The minimum atomic E-state index is 0.619. The Morgan fingerprint density at radius 2 is 2.00 bits per heavy atom. The van der Waals surface area contributed by atoms with Crippen LogP contribution in [0.1, 0.15) is 5.56 Å². The molecule has 5 nitrogen and oxygen atoms in total. The van der Waals surface area contributed by atoms with E-state index in [1.165, 1.54) is 0 Å². The highest BCUT2D eigenvalue weighted by Gasteiger charge is 2.13. The average molecular weight is 365 g/mol. The normalized spacial score (nSPS) is 10.8. The molecule has 1 aromatic heterocycles. The average Bonchev–Trinajstić information content (AvgIpc) is 2.86. The molecule has 3 aromatic rings. The van der Waals surface area contributed by atoms with E-state index in [1.807, 2.05) is 43.3 Å². The fourth-order valence-electron chi connectivity index (χ4n) is 2.13. The molecule has 2 N–H and O–H groups in total. The summed E-state index contributed by atoms with van der Waals surface area (Å²) in [5.41, 5.74) is 9.21. The summed E-state index contributed by atoms with van der Waals surface area (Å²) in [4.78, 5) is 0. The van der Waals surface area contributed by atoms with E-state index in [2.05, 4.69) is 31.5 Å². The summed E-state index contributed by atoms with van der Waals surface area (Å²) in [6.45, 7) is 1.96. The molecule has 106 valence electrons. The minimum Gasteiger partial charge on any atom is -0.399 e. The summed E-state index contributed by atoms with van der Waals surface area (Å²) >= 11 is 9.42.